The number of nitrogens with one attached hydrogen (secondary N) is 1. The highest BCUT2D eigenvalue weighted by Gasteiger charge is 2.13. The number of imidazole rings is 1. The molecule has 0 spiro atoms. The third-order valence-corrected chi connectivity index (χ3v) is 5.46. The zero-order valence-electron chi connectivity index (χ0n) is 16.5. The molecule has 0 aliphatic rings. The molecule has 30 heavy (non-hydrogen) atoms. The monoisotopic (exact) mass is 415 g/mol. The number of rotatable bonds is 7. The second-order valence-corrected chi connectivity index (χ2v) is 7.73. The first-order valence-corrected chi connectivity index (χ1v) is 10.5. The molecule has 2 heterocycles. The second kappa shape index (κ2) is 9.37. The Hall–Kier alpha value is -3.45. The van der Waals surface area contributed by atoms with Crippen LogP contribution in [0.1, 0.15) is 16.8 Å². The van der Waals surface area contributed by atoms with Crippen molar-refractivity contribution < 1.29 is 4.79 Å². The maximum atomic E-state index is 12.2. The normalized spacial score (nSPS) is 11.2. The fraction of sp³-hybridized carbons (Fsp3) is 0.130. The smallest absolute Gasteiger partial charge is 0.250 e. The molecule has 0 saturated heterocycles. The van der Waals surface area contributed by atoms with Crippen LogP contribution in [0.3, 0.4) is 0 Å². The third kappa shape index (κ3) is 4.93. The molecule has 2 aromatic carbocycles. The lowest BCUT2D eigenvalue weighted by atomic mass is 10.1. The van der Waals surface area contributed by atoms with Crippen LogP contribution >= 0.6 is 11.8 Å². The van der Waals surface area contributed by atoms with E-state index in [4.69, 9.17) is 4.98 Å². The SMILES string of the molecule is Cc1ccc(Cn2c(SCC(=O)NN=Cc3ccccn3)nc3ccccc32)cc1. The Morgan fingerprint density at radius 2 is 1.90 bits per heavy atom. The number of hydrogen-bond acceptors (Lipinski definition) is 5. The Balaban J connectivity index is 1.46. The van der Waals surface area contributed by atoms with Crippen molar-refractivity contribution >= 4 is 34.9 Å². The van der Waals surface area contributed by atoms with Crippen LogP contribution in [0.2, 0.25) is 0 Å². The van der Waals surface area contributed by atoms with Crippen LogP contribution in [0, 0.1) is 6.92 Å². The number of hydrazone groups is 1. The second-order valence-electron chi connectivity index (χ2n) is 6.79. The van der Waals surface area contributed by atoms with Gasteiger partial charge in [0.2, 0.25) is 0 Å². The number of benzene rings is 2. The number of para-hydroxylation sites is 2. The van der Waals surface area contributed by atoms with Crippen molar-refractivity contribution in [2.45, 2.75) is 18.6 Å². The van der Waals surface area contributed by atoms with Gasteiger partial charge in [-0.25, -0.2) is 10.4 Å². The Labute approximate surface area is 179 Å². The molecular weight excluding hydrogens is 394 g/mol. The van der Waals surface area contributed by atoms with E-state index < -0.39 is 0 Å². The van der Waals surface area contributed by atoms with Crippen molar-refractivity contribution in [3.63, 3.8) is 0 Å². The van der Waals surface area contributed by atoms with Gasteiger partial charge in [0.25, 0.3) is 5.91 Å². The lowest BCUT2D eigenvalue weighted by Crippen LogP contribution is -2.20. The van der Waals surface area contributed by atoms with Crippen LogP contribution in [-0.4, -0.2) is 32.4 Å². The topological polar surface area (TPSA) is 72.2 Å². The third-order valence-electron chi connectivity index (χ3n) is 4.49. The molecule has 7 heteroatoms. The zero-order chi connectivity index (χ0) is 20.8. The predicted octanol–water partition coefficient (Wildman–Crippen LogP) is 4.03. The van der Waals surface area contributed by atoms with Gasteiger partial charge < -0.3 is 4.57 Å². The average molecular weight is 416 g/mol. The van der Waals surface area contributed by atoms with E-state index in [0.717, 1.165) is 16.2 Å². The molecular formula is C23H21N5OS. The minimum absolute atomic E-state index is 0.193. The molecule has 0 unspecified atom stereocenters. The van der Waals surface area contributed by atoms with Crippen molar-refractivity contribution in [3.05, 3.63) is 89.7 Å². The van der Waals surface area contributed by atoms with Gasteiger partial charge in [-0.1, -0.05) is 59.8 Å². The average Bonchev–Trinajstić information content (AvgIpc) is 3.12. The number of thioether (sulfide) groups is 1. The summed E-state index contributed by atoms with van der Waals surface area (Å²) in [6.45, 7) is 2.77. The summed E-state index contributed by atoms with van der Waals surface area (Å²) in [4.78, 5) is 21.1. The Morgan fingerprint density at radius 1 is 1.10 bits per heavy atom. The van der Waals surface area contributed by atoms with Gasteiger partial charge in [-0.3, -0.25) is 9.78 Å². The van der Waals surface area contributed by atoms with E-state index in [-0.39, 0.29) is 11.7 Å². The first-order valence-electron chi connectivity index (χ1n) is 9.55. The number of nitrogens with zero attached hydrogens (tertiary/aromatic N) is 4. The molecule has 0 bridgehead atoms. The molecule has 1 amide bonds. The quantitative estimate of drug-likeness (QED) is 0.281. The van der Waals surface area contributed by atoms with Gasteiger partial charge in [-0.05, 0) is 36.8 Å². The Kier molecular flexibility index (Phi) is 6.20. The van der Waals surface area contributed by atoms with E-state index in [1.807, 2.05) is 36.4 Å². The van der Waals surface area contributed by atoms with Gasteiger partial charge in [0.1, 0.15) is 0 Å². The lowest BCUT2D eigenvalue weighted by Gasteiger charge is -2.09. The molecule has 0 atom stereocenters. The van der Waals surface area contributed by atoms with Crippen molar-refractivity contribution in [3.8, 4) is 0 Å². The van der Waals surface area contributed by atoms with Gasteiger partial charge in [-0.2, -0.15) is 5.10 Å². The molecule has 4 rings (SSSR count). The highest BCUT2D eigenvalue weighted by Crippen LogP contribution is 2.25. The molecule has 0 radical (unpaired) electrons. The summed E-state index contributed by atoms with van der Waals surface area (Å²) in [6.07, 6.45) is 3.20. The maximum absolute atomic E-state index is 12.2. The standard InChI is InChI=1S/C23H21N5OS/c1-17-9-11-18(12-10-17)15-28-21-8-3-2-7-20(21)26-23(28)30-16-22(29)27-25-14-19-6-4-5-13-24-19/h2-14H,15-16H2,1H3,(H,27,29). The van der Waals surface area contributed by atoms with E-state index in [2.05, 4.69) is 57.3 Å². The summed E-state index contributed by atoms with van der Waals surface area (Å²) in [5.74, 6) is 0.0256. The number of carbonyl (C=O) groups is 1. The molecule has 6 nitrogen and oxygen atoms in total. The molecule has 150 valence electrons. The summed E-state index contributed by atoms with van der Waals surface area (Å²) < 4.78 is 2.15. The van der Waals surface area contributed by atoms with Gasteiger partial charge in [0.05, 0.1) is 35.2 Å². The molecule has 4 aromatic rings. The predicted molar refractivity (Wildman–Crippen MR) is 121 cm³/mol. The largest absolute Gasteiger partial charge is 0.314 e. The molecule has 0 fully saturated rings. The molecule has 1 N–H and O–H groups in total. The molecule has 0 aliphatic heterocycles. The van der Waals surface area contributed by atoms with Crippen LogP contribution in [0.4, 0.5) is 0 Å². The van der Waals surface area contributed by atoms with E-state index >= 15 is 0 Å². The highest BCUT2D eigenvalue weighted by molar-refractivity contribution is 7.99. The molecule has 0 aliphatic carbocycles. The number of aryl methyl sites for hydroxylation is 1. The van der Waals surface area contributed by atoms with Crippen LogP contribution in [-0.2, 0) is 11.3 Å². The molecule has 0 saturated carbocycles. The fourth-order valence-electron chi connectivity index (χ4n) is 2.98. The minimum Gasteiger partial charge on any atom is -0.314 e. The lowest BCUT2D eigenvalue weighted by molar-refractivity contribution is -0.118. The van der Waals surface area contributed by atoms with Gasteiger partial charge in [0, 0.05) is 6.20 Å². The van der Waals surface area contributed by atoms with Crippen molar-refractivity contribution in [2.24, 2.45) is 5.10 Å². The van der Waals surface area contributed by atoms with Crippen LogP contribution in [0.15, 0.2) is 83.2 Å². The summed E-state index contributed by atoms with van der Waals surface area (Å²) in [5.41, 5.74) is 7.61. The number of fused-ring (bicyclic) bond motifs is 1. The van der Waals surface area contributed by atoms with Gasteiger partial charge in [0.15, 0.2) is 5.16 Å². The first-order chi connectivity index (χ1) is 14.7. The van der Waals surface area contributed by atoms with E-state index in [1.165, 1.54) is 29.1 Å². The summed E-state index contributed by atoms with van der Waals surface area (Å²) in [7, 11) is 0. The summed E-state index contributed by atoms with van der Waals surface area (Å²) in [6, 6.07) is 22.0. The molecule has 2 aromatic heterocycles. The van der Waals surface area contributed by atoms with Crippen molar-refractivity contribution in [1.82, 2.24) is 20.0 Å². The van der Waals surface area contributed by atoms with Crippen molar-refractivity contribution in [2.75, 3.05) is 5.75 Å². The van der Waals surface area contributed by atoms with Crippen LogP contribution in [0.25, 0.3) is 11.0 Å². The van der Waals surface area contributed by atoms with Crippen LogP contribution in [0.5, 0.6) is 0 Å². The van der Waals surface area contributed by atoms with E-state index in [9.17, 15) is 4.79 Å². The van der Waals surface area contributed by atoms with Crippen molar-refractivity contribution in [1.29, 1.82) is 0 Å². The number of carbonyl (C=O) groups excluding carboxylic acids is 1. The number of aromatic nitrogens is 3. The summed E-state index contributed by atoms with van der Waals surface area (Å²) in [5, 5.41) is 4.77. The Morgan fingerprint density at radius 3 is 2.70 bits per heavy atom. The minimum atomic E-state index is -0.193. The Bertz CT molecular complexity index is 1170. The summed E-state index contributed by atoms with van der Waals surface area (Å²) >= 11 is 1.40. The maximum Gasteiger partial charge on any atom is 0.250 e. The van der Waals surface area contributed by atoms with E-state index in [1.54, 1.807) is 6.20 Å². The van der Waals surface area contributed by atoms with Crippen LogP contribution < -0.4 is 5.43 Å². The zero-order valence-corrected chi connectivity index (χ0v) is 17.3. The number of pyridine rings is 1. The first kappa shape index (κ1) is 19.8. The number of hydrogen-bond donors (Lipinski definition) is 1. The highest BCUT2D eigenvalue weighted by atomic mass is 32.2. The van der Waals surface area contributed by atoms with E-state index in [0.29, 0.717) is 12.2 Å². The fourth-order valence-corrected chi connectivity index (χ4v) is 3.78. The van der Waals surface area contributed by atoms with Gasteiger partial charge >= 0.3 is 0 Å². The van der Waals surface area contributed by atoms with Gasteiger partial charge in [-0.15, -0.1) is 0 Å². The number of amides is 1.